The molecule has 1 aliphatic rings. The van der Waals surface area contributed by atoms with Crippen molar-refractivity contribution in [2.75, 3.05) is 7.11 Å². The van der Waals surface area contributed by atoms with Gasteiger partial charge < -0.3 is 9.47 Å². The lowest BCUT2D eigenvalue weighted by Crippen LogP contribution is -2.27. The number of hydrogen-bond acceptors (Lipinski definition) is 3. The van der Waals surface area contributed by atoms with Crippen LogP contribution in [-0.4, -0.2) is 24.3 Å². The van der Waals surface area contributed by atoms with Crippen LogP contribution in [0.25, 0.3) is 0 Å². The normalized spacial score (nSPS) is 25.5. The molecule has 1 fully saturated rings. The fraction of sp³-hybridized carbons (Fsp3) is 0.545. The Morgan fingerprint density at radius 3 is 2.93 bits per heavy atom. The Morgan fingerprint density at radius 2 is 2.20 bits per heavy atom. The van der Waals surface area contributed by atoms with Gasteiger partial charge in [0, 0.05) is 13.3 Å². The van der Waals surface area contributed by atoms with Crippen molar-refractivity contribution in [1.29, 1.82) is 0 Å². The molecule has 0 aliphatic heterocycles. The predicted molar refractivity (Wildman–Crippen MR) is 58.3 cm³/mol. The van der Waals surface area contributed by atoms with Gasteiger partial charge in [0.15, 0.2) is 10.9 Å². The molecule has 1 saturated carbocycles. The summed E-state index contributed by atoms with van der Waals surface area (Å²) in [6, 6.07) is 3.65. The van der Waals surface area contributed by atoms with E-state index in [0.29, 0.717) is 10.9 Å². The third-order valence-electron chi connectivity index (χ3n) is 2.70. The Kier molecular flexibility index (Phi) is 3.44. The van der Waals surface area contributed by atoms with Crippen molar-refractivity contribution in [3.8, 4) is 5.75 Å². The van der Waals surface area contributed by atoms with Crippen LogP contribution in [0.5, 0.6) is 5.75 Å². The molecule has 0 bridgehead atoms. The van der Waals surface area contributed by atoms with Crippen molar-refractivity contribution in [3.63, 3.8) is 0 Å². The highest BCUT2D eigenvalue weighted by molar-refractivity contribution is 6.30. The lowest BCUT2D eigenvalue weighted by molar-refractivity contribution is 0.0228. The summed E-state index contributed by atoms with van der Waals surface area (Å²) in [6.45, 7) is 0. The molecule has 1 aliphatic carbocycles. The fourth-order valence-electron chi connectivity index (χ4n) is 1.92. The molecule has 15 heavy (non-hydrogen) atoms. The highest BCUT2D eigenvalue weighted by Gasteiger charge is 2.29. The lowest BCUT2D eigenvalue weighted by Gasteiger charge is -2.20. The summed E-state index contributed by atoms with van der Waals surface area (Å²) in [6.07, 6.45) is 5.15. The Hall–Kier alpha value is -0.800. The number of rotatable bonds is 3. The van der Waals surface area contributed by atoms with Crippen molar-refractivity contribution in [2.45, 2.75) is 31.5 Å². The molecule has 1 aromatic rings. The van der Waals surface area contributed by atoms with Crippen LogP contribution in [0.2, 0.25) is 5.15 Å². The van der Waals surface area contributed by atoms with E-state index < -0.39 is 0 Å². The van der Waals surface area contributed by atoms with Crippen molar-refractivity contribution in [1.82, 2.24) is 4.98 Å². The molecule has 82 valence electrons. The first-order chi connectivity index (χ1) is 7.31. The maximum absolute atomic E-state index is 5.92. The average Bonchev–Trinajstić information content (AvgIpc) is 2.69. The van der Waals surface area contributed by atoms with Gasteiger partial charge in [-0.25, -0.2) is 4.98 Å². The standard InChI is InChI=1S/C11H14ClNO2/c1-14-8-4-2-5-9(8)15-10-6-3-7-13-11(10)12/h3,6-9H,2,4-5H2,1H3. The van der Waals surface area contributed by atoms with E-state index in [-0.39, 0.29) is 12.2 Å². The van der Waals surface area contributed by atoms with Crippen LogP contribution in [0.4, 0.5) is 0 Å². The van der Waals surface area contributed by atoms with Gasteiger partial charge in [-0.2, -0.15) is 0 Å². The Labute approximate surface area is 94.4 Å². The summed E-state index contributed by atoms with van der Waals surface area (Å²) in [4.78, 5) is 3.97. The number of nitrogens with zero attached hydrogens (tertiary/aromatic N) is 1. The number of aromatic nitrogens is 1. The van der Waals surface area contributed by atoms with E-state index in [9.17, 15) is 0 Å². The van der Waals surface area contributed by atoms with E-state index in [1.165, 1.54) is 0 Å². The number of methoxy groups -OCH3 is 1. The molecule has 3 nitrogen and oxygen atoms in total. The van der Waals surface area contributed by atoms with Gasteiger partial charge in [0.2, 0.25) is 0 Å². The summed E-state index contributed by atoms with van der Waals surface area (Å²) in [7, 11) is 1.72. The maximum atomic E-state index is 5.92. The Bertz CT molecular complexity index is 332. The van der Waals surface area contributed by atoms with Gasteiger partial charge in [0.25, 0.3) is 0 Å². The molecule has 4 heteroatoms. The molecule has 0 aromatic carbocycles. The quantitative estimate of drug-likeness (QED) is 0.744. The molecule has 1 aromatic heterocycles. The zero-order chi connectivity index (χ0) is 10.7. The molecular formula is C11H14ClNO2. The second-order valence-electron chi connectivity index (χ2n) is 3.65. The Balaban J connectivity index is 2.05. The molecule has 0 spiro atoms. The second kappa shape index (κ2) is 4.81. The zero-order valence-corrected chi connectivity index (χ0v) is 9.41. The van der Waals surface area contributed by atoms with Crippen LogP contribution in [0, 0.1) is 0 Å². The zero-order valence-electron chi connectivity index (χ0n) is 8.65. The second-order valence-corrected chi connectivity index (χ2v) is 4.01. The molecule has 0 saturated heterocycles. The summed E-state index contributed by atoms with van der Waals surface area (Å²) in [5.74, 6) is 0.646. The van der Waals surface area contributed by atoms with Gasteiger partial charge in [-0.05, 0) is 31.4 Å². The van der Waals surface area contributed by atoms with E-state index >= 15 is 0 Å². The largest absolute Gasteiger partial charge is 0.484 e. The van der Waals surface area contributed by atoms with E-state index in [1.807, 2.05) is 12.1 Å². The minimum atomic E-state index is 0.108. The van der Waals surface area contributed by atoms with E-state index in [1.54, 1.807) is 13.3 Å². The fourth-order valence-corrected chi connectivity index (χ4v) is 2.08. The first kappa shape index (κ1) is 10.7. The molecule has 0 amide bonds. The third-order valence-corrected chi connectivity index (χ3v) is 2.98. The van der Waals surface area contributed by atoms with Gasteiger partial charge in [0.05, 0.1) is 6.10 Å². The summed E-state index contributed by atoms with van der Waals surface area (Å²) < 4.78 is 11.1. The summed E-state index contributed by atoms with van der Waals surface area (Å²) in [5, 5.41) is 0.416. The van der Waals surface area contributed by atoms with Crippen LogP contribution in [0.15, 0.2) is 18.3 Å². The van der Waals surface area contributed by atoms with Crippen molar-refractivity contribution < 1.29 is 9.47 Å². The van der Waals surface area contributed by atoms with Crippen LogP contribution in [-0.2, 0) is 4.74 Å². The minimum Gasteiger partial charge on any atom is -0.484 e. The molecular weight excluding hydrogens is 214 g/mol. The Morgan fingerprint density at radius 1 is 1.40 bits per heavy atom. The predicted octanol–water partition coefficient (Wildman–Crippen LogP) is 2.68. The first-order valence-electron chi connectivity index (χ1n) is 5.11. The van der Waals surface area contributed by atoms with Gasteiger partial charge in [-0.1, -0.05) is 11.6 Å². The van der Waals surface area contributed by atoms with Crippen LogP contribution >= 0.6 is 11.6 Å². The van der Waals surface area contributed by atoms with E-state index in [0.717, 1.165) is 19.3 Å². The summed E-state index contributed by atoms with van der Waals surface area (Å²) >= 11 is 5.92. The molecule has 0 radical (unpaired) electrons. The van der Waals surface area contributed by atoms with Crippen molar-refractivity contribution in [3.05, 3.63) is 23.5 Å². The molecule has 0 N–H and O–H groups in total. The van der Waals surface area contributed by atoms with Crippen molar-refractivity contribution in [2.24, 2.45) is 0 Å². The molecule has 2 unspecified atom stereocenters. The van der Waals surface area contributed by atoms with Gasteiger partial charge >= 0.3 is 0 Å². The van der Waals surface area contributed by atoms with E-state index in [2.05, 4.69) is 4.98 Å². The lowest BCUT2D eigenvalue weighted by atomic mass is 10.2. The number of ether oxygens (including phenoxy) is 2. The summed E-state index contributed by atoms with van der Waals surface area (Å²) in [5.41, 5.74) is 0. The van der Waals surface area contributed by atoms with Gasteiger partial charge in [0.1, 0.15) is 6.10 Å². The molecule has 1 heterocycles. The van der Waals surface area contributed by atoms with Gasteiger partial charge in [-0.15, -0.1) is 0 Å². The van der Waals surface area contributed by atoms with E-state index in [4.69, 9.17) is 21.1 Å². The average molecular weight is 228 g/mol. The van der Waals surface area contributed by atoms with Crippen molar-refractivity contribution >= 4 is 11.6 Å². The molecule has 2 atom stereocenters. The number of hydrogen-bond donors (Lipinski definition) is 0. The van der Waals surface area contributed by atoms with Crippen LogP contribution < -0.4 is 4.74 Å². The highest BCUT2D eigenvalue weighted by atomic mass is 35.5. The van der Waals surface area contributed by atoms with Crippen LogP contribution in [0.1, 0.15) is 19.3 Å². The third kappa shape index (κ3) is 2.41. The maximum Gasteiger partial charge on any atom is 0.171 e. The first-order valence-corrected chi connectivity index (χ1v) is 5.49. The minimum absolute atomic E-state index is 0.108. The van der Waals surface area contributed by atoms with Crippen LogP contribution in [0.3, 0.4) is 0 Å². The molecule has 2 rings (SSSR count). The number of halogens is 1. The highest BCUT2D eigenvalue weighted by Crippen LogP contribution is 2.29. The topological polar surface area (TPSA) is 31.4 Å². The monoisotopic (exact) mass is 227 g/mol. The number of pyridine rings is 1. The smallest absolute Gasteiger partial charge is 0.171 e. The SMILES string of the molecule is COC1CCCC1Oc1cccnc1Cl. The van der Waals surface area contributed by atoms with Gasteiger partial charge in [-0.3, -0.25) is 0 Å².